The highest BCUT2D eigenvalue weighted by molar-refractivity contribution is 5.75. The number of carbonyl (C=O) groups is 1. The van der Waals surface area contributed by atoms with Crippen LogP contribution in [-0.4, -0.2) is 74.4 Å². The lowest BCUT2D eigenvalue weighted by molar-refractivity contribution is -0.157. The fraction of sp³-hybridized carbons (Fsp3) is 0.733. The molecule has 3 aliphatic rings. The number of aryl methyl sites for hydroxylation is 1. The highest BCUT2D eigenvalue weighted by Crippen LogP contribution is 2.25. The third-order valence-electron chi connectivity index (χ3n) is 8.98. The maximum Gasteiger partial charge on any atom is 0.332 e. The van der Waals surface area contributed by atoms with E-state index < -0.39 is 0 Å². The number of piperidine rings is 2. The van der Waals surface area contributed by atoms with Crippen molar-refractivity contribution in [1.82, 2.24) is 23.6 Å². The van der Waals surface area contributed by atoms with E-state index in [1.807, 2.05) is 4.57 Å². The van der Waals surface area contributed by atoms with Crippen molar-refractivity contribution in [2.75, 3.05) is 37.6 Å². The van der Waals surface area contributed by atoms with Crippen LogP contribution in [0.3, 0.4) is 0 Å². The van der Waals surface area contributed by atoms with Crippen LogP contribution in [-0.2, 0) is 29.7 Å². The van der Waals surface area contributed by atoms with E-state index >= 15 is 0 Å². The van der Waals surface area contributed by atoms with Gasteiger partial charge in [0.15, 0.2) is 11.2 Å². The molecule has 2 N–H and O–H groups in total. The van der Waals surface area contributed by atoms with E-state index in [1.165, 1.54) is 15.6 Å². The van der Waals surface area contributed by atoms with Crippen molar-refractivity contribution >= 4 is 23.1 Å². The molecule has 3 fully saturated rings. The molecule has 4 heterocycles. The van der Waals surface area contributed by atoms with Crippen LogP contribution in [0.15, 0.2) is 9.59 Å². The van der Waals surface area contributed by atoms with Gasteiger partial charge in [0.05, 0.1) is 12.5 Å². The summed E-state index contributed by atoms with van der Waals surface area (Å²) in [4.78, 5) is 48.9. The molecule has 224 valence electrons. The molecule has 0 unspecified atom stereocenters. The number of ether oxygens (including phenoxy) is 1. The van der Waals surface area contributed by atoms with E-state index in [0.29, 0.717) is 43.2 Å². The monoisotopic (exact) mass is 567 g/mol. The summed E-state index contributed by atoms with van der Waals surface area (Å²) in [6, 6.07) is 0.0438. The number of esters is 1. The minimum atomic E-state index is -0.361. The van der Waals surface area contributed by atoms with E-state index in [1.54, 1.807) is 14.0 Å². The molecule has 1 saturated carbocycles. The third-order valence-corrected chi connectivity index (χ3v) is 8.98. The Kier molecular flexibility index (Phi) is 9.50. The minimum Gasteiger partial charge on any atom is -0.462 e. The maximum atomic E-state index is 13.7. The lowest BCUT2D eigenvalue weighted by Crippen LogP contribution is -2.44. The molecular formula is C30H45N7O4. The van der Waals surface area contributed by atoms with Gasteiger partial charge in [-0.05, 0) is 84.3 Å². The zero-order valence-electron chi connectivity index (χ0n) is 24.6. The standard InChI is InChI=1S/C30H45N7O4/c1-3-4-17-36-25-26(32-29(36)35-16-8-10-23(31)21-35)33(2)30(40)37(27(25)38)18-9-15-34-19-13-22(14-20-34)28(39)41-24-11-6-5-7-12-24/h22-24H,5-21,31H2,1-2H3/t23-/m1/s1. The van der Waals surface area contributed by atoms with E-state index in [-0.39, 0.29) is 35.3 Å². The molecule has 2 saturated heterocycles. The van der Waals surface area contributed by atoms with Gasteiger partial charge in [-0.2, -0.15) is 4.98 Å². The van der Waals surface area contributed by atoms with Crippen molar-refractivity contribution in [1.29, 1.82) is 0 Å². The van der Waals surface area contributed by atoms with Crippen LogP contribution in [0.4, 0.5) is 5.95 Å². The highest BCUT2D eigenvalue weighted by Gasteiger charge is 2.29. The first-order chi connectivity index (χ1) is 19.9. The highest BCUT2D eigenvalue weighted by atomic mass is 16.5. The molecule has 1 atom stereocenters. The Morgan fingerprint density at radius 1 is 1.00 bits per heavy atom. The largest absolute Gasteiger partial charge is 0.462 e. The van der Waals surface area contributed by atoms with Gasteiger partial charge >= 0.3 is 11.7 Å². The molecule has 2 aliphatic heterocycles. The molecule has 0 aromatic carbocycles. The topological polar surface area (TPSA) is 121 Å². The first-order valence-corrected chi connectivity index (χ1v) is 15.4. The Hall–Kier alpha value is -3.10. The number of fused-ring (bicyclic) bond motifs is 1. The number of nitrogens with zero attached hydrogens (tertiary/aromatic N) is 6. The Labute approximate surface area is 241 Å². The number of hydrogen-bond donors (Lipinski definition) is 1. The number of likely N-dealkylation sites (tertiary alicyclic amines) is 1. The summed E-state index contributed by atoms with van der Waals surface area (Å²) in [7, 11) is 1.67. The van der Waals surface area contributed by atoms with E-state index in [9.17, 15) is 14.4 Å². The Morgan fingerprint density at radius 2 is 1.76 bits per heavy atom. The van der Waals surface area contributed by atoms with Crippen LogP contribution in [0.1, 0.15) is 71.1 Å². The number of rotatable bonds is 8. The van der Waals surface area contributed by atoms with Crippen molar-refractivity contribution in [3.05, 3.63) is 20.8 Å². The van der Waals surface area contributed by atoms with E-state index in [2.05, 4.69) is 21.6 Å². The number of nitrogens with two attached hydrogens (primary N) is 1. The number of aromatic nitrogens is 4. The average Bonchev–Trinajstić information content (AvgIpc) is 3.37. The molecular weight excluding hydrogens is 522 g/mol. The van der Waals surface area contributed by atoms with Gasteiger partial charge in [0, 0.05) is 32.7 Å². The van der Waals surface area contributed by atoms with Gasteiger partial charge in [-0.15, -0.1) is 5.92 Å². The predicted molar refractivity (Wildman–Crippen MR) is 159 cm³/mol. The molecule has 2 aromatic heterocycles. The van der Waals surface area contributed by atoms with Crippen LogP contribution < -0.4 is 21.9 Å². The fourth-order valence-corrected chi connectivity index (χ4v) is 6.59. The number of imidazole rings is 1. The molecule has 0 spiro atoms. The van der Waals surface area contributed by atoms with Gasteiger partial charge in [-0.25, -0.2) is 4.79 Å². The summed E-state index contributed by atoms with van der Waals surface area (Å²) in [5.74, 6) is 6.58. The van der Waals surface area contributed by atoms with Gasteiger partial charge in [0.1, 0.15) is 6.10 Å². The summed E-state index contributed by atoms with van der Waals surface area (Å²) in [5, 5.41) is 0. The van der Waals surface area contributed by atoms with Crippen molar-refractivity contribution in [2.24, 2.45) is 18.7 Å². The van der Waals surface area contributed by atoms with Crippen molar-refractivity contribution in [3.8, 4) is 11.8 Å². The Balaban J connectivity index is 1.25. The van der Waals surface area contributed by atoms with Crippen LogP contribution in [0.2, 0.25) is 0 Å². The molecule has 2 aromatic rings. The molecule has 11 nitrogen and oxygen atoms in total. The second-order valence-electron chi connectivity index (χ2n) is 11.9. The van der Waals surface area contributed by atoms with Crippen LogP contribution in [0, 0.1) is 17.8 Å². The normalized spacial score (nSPS) is 21.1. The SMILES string of the molecule is CC#CCn1c(N2CCC[C@@H](N)C2)nc2c1c(=O)n(CCCN1CCC(C(=O)OC3CCCCC3)CC1)c(=O)n2C. The molecule has 0 radical (unpaired) electrons. The Morgan fingerprint density at radius 3 is 2.46 bits per heavy atom. The van der Waals surface area contributed by atoms with Crippen LogP contribution in [0.5, 0.6) is 0 Å². The summed E-state index contributed by atoms with van der Waals surface area (Å²) in [6.45, 7) is 6.26. The fourth-order valence-electron chi connectivity index (χ4n) is 6.59. The first kappa shape index (κ1) is 29.4. The lowest BCUT2D eigenvalue weighted by Gasteiger charge is -2.32. The summed E-state index contributed by atoms with van der Waals surface area (Å²) >= 11 is 0. The molecule has 0 bridgehead atoms. The quantitative estimate of drug-likeness (QED) is 0.379. The summed E-state index contributed by atoms with van der Waals surface area (Å²) in [5.41, 5.74) is 6.33. The van der Waals surface area contributed by atoms with Gasteiger partial charge in [0.25, 0.3) is 5.56 Å². The van der Waals surface area contributed by atoms with Crippen molar-refractivity contribution in [2.45, 2.75) is 96.4 Å². The van der Waals surface area contributed by atoms with Gasteiger partial charge in [0.2, 0.25) is 5.95 Å². The van der Waals surface area contributed by atoms with Gasteiger partial charge in [-0.1, -0.05) is 12.3 Å². The van der Waals surface area contributed by atoms with Crippen LogP contribution in [0.25, 0.3) is 11.2 Å². The second kappa shape index (κ2) is 13.3. The van der Waals surface area contributed by atoms with Crippen molar-refractivity contribution < 1.29 is 9.53 Å². The minimum absolute atomic E-state index is 0.0272. The van der Waals surface area contributed by atoms with Crippen LogP contribution >= 0.6 is 0 Å². The number of carbonyl (C=O) groups excluding carboxylic acids is 1. The first-order valence-electron chi connectivity index (χ1n) is 15.4. The smallest absolute Gasteiger partial charge is 0.332 e. The third kappa shape index (κ3) is 6.54. The molecule has 1 aliphatic carbocycles. The van der Waals surface area contributed by atoms with Gasteiger partial charge in [-0.3, -0.25) is 23.3 Å². The molecule has 41 heavy (non-hydrogen) atoms. The summed E-state index contributed by atoms with van der Waals surface area (Å²) < 4.78 is 10.5. The lowest BCUT2D eigenvalue weighted by atomic mass is 9.95. The number of hydrogen-bond acceptors (Lipinski definition) is 8. The van der Waals surface area contributed by atoms with E-state index in [0.717, 1.165) is 77.5 Å². The Bertz CT molecular complexity index is 1400. The van der Waals surface area contributed by atoms with E-state index in [4.69, 9.17) is 15.5 Å². The molecule has 11 heteroatoms. The zero-order chi connectivity index (χ0) is 28.9. The van der Waals surface area contributed by atoms with Crippen molar-refractivity contribution in [3.63, 3.8) is 0 Å². The second-order valence-corrected chi connectivity index (χ2v) is 11.9. The average molecular weight is 568 g/mol. The molecule has 0 amide bonds. The predicted octanol–water partition coefficient (Wildman–Crippen LogP) is 1.83. The van der Waals surface area contributed by atoms with Gasteiger partial charge < -0.3 is 20.3 Å². The molecule has 5 rings (SSSR count). The zero-order valence-corrected chi connectivity index (χ0v) is 24.6. The maximum absolute atomic E-state index is 13.7. The number of anilines is 1. The summed E-state index contributed by atoms with van der Waals surface area (Å²) in [6.07, 6.45) is 9.79.